The lowest BCUT2D eigenvalue weighted by atomic mass is 9.87. The molecular weight excluding hydrogens is 148 g/mol. The lowest BCUT2D eigenvalue weighted by Gasteiger charge is -2.30. The summed E-state index contributed by atoms with van der Waals surface area (Å²) < 4.78 is 24.6. The Labute approximate surface area is 67.2 Å². The zero-order valence-electron chi connectivity index (χ0n) is 7.62. The number of hydrogen-bond acceptors (Lipinski definition) is 1. The number of nitrogens with one attached hydrogen (secondary N) is 1. The molecule has 1 atom stereocenters. The number of halogens is 2. The van der Waals surface area contributed by atoms with Gasteiger partial charge in [-0.1, -0.05) is 27.7 Å². The van der Waals surface area contributed by atoms with Crippen LogP contribution < -0.4 is 5.32 Å². The first-order valence-corrected chi connectivity index (χ1v) is 3.91. The van der Waals surface area contributed by atoms with Crippen LogP contribution in [-0.4, -0.2) is 19.0 Å². The number of hydrogen-bond donors (Lipinski definition) is 1. The fourth-order valence-corrected chi connectivity index (χ4v) is 0.993. The molecule has 0 aliphatic rings. The van der Waals surface area contributed by atoms with Crippen molar-refractivity contribution in [2.75, 3.05) is 6.54 Å². The van der Waals surface area contributed by atoms with Crippen molar-refractivity contribution in [1.82, 2.24) is 5.32 Å². The molecule has 0 saturated carbocycles. The minimum Gasteiger partial charge on any atom is -0.309 e. The first-order valence-electron chi connectivity index (χ1n) is 3.91. The molecule has 11 heavy (non-hydrogen) atoms. The highest BCUT2D eigenvalue weighted by Gasteiger charge is 2.31. The topological polar surface area (TPSA) is 12.0 Å². The van der Waals surface area contributed by atoms with E-state index in [1.165, 1.54) is 0 Å². The molecule has 0 aliphatic carbocycles. The molecule has 1 nitrogen and oxygen atoms in total. The van der Waals surface area contributed by atoms with Gasteiger partial charge in [0.05, 0.1) is 6.04 Å². The first-order chi connectivity index (χ1) is 4.89. The van der Waals surface area contributed by atoms with E-state index in [2.05, 4.69) is 5.32 Å². The molecule has 3 heteroatoms. The summed E-state index contributed by atoms with van der Waals surface area (Å²) in [5.74, 6) is 0. The highest BCUT2D eigenvalue weighted by molar-refractivity contribution is 4.81. The van der Waals surface area contributed by atoms with E-state index in [1.807, 2.05) is 27.7 Å². The Morgan fingerprint density at radius 2 is 1.73 bits per heavy atom. The molecule has 0 aromatic heterocycles. The molecule has 0 heterocycles. The Morgan fingerprint density at radius 1 is 1.27 bits per heavy atom. The quantitative estimate of drug-likeness (QED) is 0.676. The van der Waals surface area contributed by atoms with Crippen molar-refractivity contribution in [1.29, 1.82) is 0 Å². The van der Waals surface area contributed by atoms with Gasteiger partial charge in [-0.25, -0.2) is 8.78 Å². The fourth-order valence-electron chi connectivity index (χ4n) is 0.993. The largest absolute Gasteiger partial charge is 0.309 e. The number of alkyl halides is 2. The molecule has 0 spiro atoms. The third kappa shape index (κ3) is 3.65. The summed E-state index contributed by atoms with van der Waals surface area (Å²) in [6.45, 7) is 7.86. The second-order valence-corrected chi connectivity index (χ2v) is 3.74. The fraction of sp³-hybridized carbons (Fsp3) is 1.00. The molecule has 0 aromatic carbocycles. The Bertz CT molecular complexity index is 107. The zero-order chi connectivity index (χ0) is 9.07. The van der Waals surface area contributed by atoms with Crippen molar-refractivity contribution < 1.29 is 8.78 Å². The maximum atomic E-state index is 12.3. The maximum Gasteiger partial charge on any atom is 0.254 e. The molecule has 0 radical (unpaired) electrons. The molecule has 0 bridgehead atoms. The van der Waals surface area contributed by atoms with E-state index in [0.717, 1.165) is 0 Å². The molecule has 0 rings (SSSR count). The minimum absolute atomic E-state index is 0.371. The lowest BCUT2D eigenvalue weighted by molar-refractivity contribution is 0.0459. The molecule has 0 aromatic rings. The first kappa shape index (κ1) is 10.8. The second kappa shape index (κ2) is 4.00. The van der Waals surface area contributed by atoms with Gasteiger partial charge in [0.25, 0.3) is 6.43 Å². The summed E-state index contributed by atoms with van der Waals surface area (Å²) in [5.41, 5.74) is -0.371. The van der Waals surface area contributed by atoms with Crippen LogP contribution in [0.25, 0.3) is 0 Å². The molecule has 0 aliphatic heterocycles. The van der Waals surface area contributed by atoms with Crippen LogP contribution in [0, 0.1) is 5.41 Å². The van der Waals surface area contributed by atoms with Gasteiger partial charge >= 0.3 is 0 Å². The Kier molecular flexibility index (Phi) is 3.93. The van der Waals surface area contributed by atoms with E-state index in [1.54, 1.807) is 0 Å². The molecule has 0 amide bonds. The molecule has 0 fully saturated rings. The van der Waals surface area contributed by atoms with Gasteiger partial charge < -0.3 is 5.32 Å². The van der Waals surface area contributed by atoms with Crippen molar-refractivity contribution in [3.05, 3.63) is 0 Å². The van der Waals surface area contributed by atoms with E-state index in [4.69, 9.17) is 0 Å². The van der Waals surface area contributed by atoms with Crippen LogP contribution in [0.5, 0.6) is 0 Å². The van der Waals surface area contributed by atoms with Crippen LogP contribution in [0.15, 0.2) is 0 Å². The van der Waals surface area contributed by atoms with Gasteiger partial charge in [-0.15, -0.1) is 0 Å². The standard InChI is InChI=1S/C8H17F2N/c1-5-11-6(7(9)10)8(2,3)4/h6-7,11H,5H2,1-4H3. The molecule has 0 saturated heterocycles. The summed E-state index contributed by atoms with van der Waals surface area (Å²) in [4.78, 5) is 0. The van der Waals surface area contributed by atoms with Crippen LogP contribution in [0.2, 0.25) is 0 Å². The molecule has 1 N–H and O–H groups in total. The van der Waals surface area contributed by atoms with Gasteiger partial charge in [-0.05, 0) is 12.0 Å². The van der Waals surface area contributed by atoms with Crippen molar-refractivity contribution in [3.8, 4) is 0 Å². The lowest BCUT2D eigenvalue weighted by Crippen LogP contribution is -2.45. The van der Waals surface area contributed by atoms with E-state index in [9.17, 15) is 8.78 Å². The summed E-state index contributed by atoms with van der Waals surface area (Å²) >= 11 is 0. The maximum absolute atomic E-state index is 12.3. The van der Waals surface area contributed by atoms with Crippen molar-refractivity contribution >= 4 is 0 Å². The summed E-state index contributed by atoms with van der Waals surface area (Å²) in [5, 5.41) is 2.77. The predicted molar refractivity (Wildman–Crippen MR) is 42.9 cm³/mol. The van der Waals surface area contributed by atoms with E-state index < -0.39 is 12.5 Å². The third-order valence-corrected chi connectivity index (χ3v) is 1.61. The minimum atomic E-state index is -2.28. The highest BCUT2D eigenvalue weighted by Crippen LogP contribution is 2.23. The van der Waals surface area contributed by atoms with Crippen LogP contribution in [-0.2, 0) is 0 Å². The normalized spacial score (nSPS) is 15.5. The van der Waals surface area contributed by atoms with Gasteiger partial charge in [0, 0.05) is 0 Å². The van der Waals surface area contributed by atoms with Crippen molar-refractivity contribution in [2.45, 2.75) is 40.2 Å². The third-order valence-electron chi connectivity index (χ3n) is 1.61. The molecule has 68 valence electrons. The van der Waals surface area contributed by atoms with E-state index in [-0.39, 0.29) is 5.41 Å². The molecular formula is C8H17F2N. The Morgan fingerprint density at radius 3 is 1.82 bits per heavy atom. The van der Waals surface area contributed by atoms with Gasteiger partial charge in [0.1, 0.15) is 0 Å². The van der Waals surface area contributed by atoms with E-state index in [0.29, 0.717) is 6.54 Å². The van der Waals surface area contributed by atoms with E-state index >= 15 is 0 Å². The average molecular weight is 165 g/mol. The highest BCUT2D eigenvalue weighted by atomic mass is 19.3. The Hall–Kier alpha value is -0.180. The SMILES string of the molecule is CCNC(C(F)F)C(C)(C)C. The van der Waals surface area contributed by atoms with Crippen molar-refractivity contribution in [2.24, 2.45) is 5.41 Å². The second-order valence-electron chi connectivity index (χ2n) is 3.74. The number of rotatable bonds is 3. The van der Waals surface area contributed by atoms with Crippen molar-refractivity contribution in [3.63, 3.8) is 0 Å². The van der Waals surface area contributed by atoms with Gasteiger partial charge in [-0.3, -0.25) is 0 Å². The zero-order valence-corrected chi connectivity index (χ0v) is 7.62. The smallest absolute Gasteiger partial charge is 0.254 e. The summed E-state index contributed by atoms with van der Waals surface area (Å²) in [6.07, 6.45) is -2.28. The average Bonchev–Trinajstić information content (AvgIpc) is 1.79. The monoisotopic (exact) mass is 165 g/mol. The van der Waals surface area contributed by atoms with Crippen LogP contribution >= 0.6 is 0 Å². The van der Waals surface area contributed by atoms with Crippen LogP contribution in [0.3, 0.4) is 0 Å². The van der Waals surface area contributed by atoms with Gasteiger partial charge in [0.2, 0.25) is 0 Å². The predicted octanol–water partition coefficient (Wildman–Crippen LogP) is 2.28. The Balaban J connectivity index is 4.10. The summed E-state index contributed by atoms with van der Waals surface area (Å²) in [6, 6.07) is -0.701. The molecule has 1 unspecified atom stereocenters. The van der Waals surface area contributed by atoms with Crippen LogP contribution in [0.1, 0.15) is 27.7 Å². The van der Waals surface area contributed by atoms with Gasteiger partial charge in [0.15, 0.2) is 0 Å². The van der Waals surface area contributed by atoms with Crippen LogP contribution in [0.4, 0.5) is 8.78 Å². The van der Waals surface area contributed by atoms with Gasteiger partial charge in [-0.2, -0.15) is 0 Å². The summed E-state index contributed by atoms with van der Waals surface area (Å²) in [7, 11) is 0.